The minimum absolute atomic E-state index is 0.0883. The largest absolute Gasteiger partial charge is 0.341 e. The molecule has 0 aliphatic heterocycles. The first-order valence-electron chi connectivity index (χ1n) is 6.17. The maximum absolute atomic E-state index is 12.2. The summed E-state index contributed by atoms with van der Waals surface area (Å²) in [6.45, 7) is 1.45. The van der Waals surface area contributed by atoms with Crippen LogP contribution < -0.4 is 5.73 Å². The van der Waals surface area contributed by atoms with E-state index in [1.807, 2.05) is 37.4 Å². The fraction of sp³-hybridized carbons (Fsp3) is 0.500. The highest BCUT2D eigenvalue weighted by atomic mass is 16.2. The summed E-state index contributed by atoms with van der Waals surface area (Å²) in [5, 5.41) is 0. The van der Waals surface area contributed by atoms with Crippen LogP contribution in [-0.4, -0.2) is 30.9 Å². The van der Waals surface area contributed by atoms with Crippen LogP contribution >= 0.6 is 0 Å². The van der Waals surface area contributed by atoms with E-state index in [-0.39, 0.29) is 11.3 Å². The predicted molar refractivity (Wildman–Crippen MR) is 68.7 cm³/mol. The van der Waals surface area contributed by atoms with Crippen LogP contribution in [0.25, 0.3) is 0 Å². The van der Waals surface area contributed by atoms with E-state index in [9.17, 15) is 4.79 Å². The number of nitrogens with two attached hydrogens (primary N) is 1. The van der Waals surface area contributed by atoms with Crippen molar-refractivity contribution in [3.05, 3.63) is 35.9 Å². The molecule has 0 atom stereocenters. The first kappa shape index (κ1) is 12.1. The average Bonchev–Trinajstić information content (AvgIpc) is 2.33. The first-order valence-corrected chi connectivity index (χ1v) is 6.17. The fourth-order valence-electron chi connectivity index (χ4n) is 2.48. The Morgan fingerprint density at radius 3 is 2.47 bits per heavy atom. The zero-order valence-electron chi connectivity index (χ0n) is 10.4. The maximum atomic E-state index is 12.2. The Balaban J connectivity index is 2.01. The molecule has 0 unspecified atom stereocenters. The molecule has 17 heavy (non-hydrogen) atoms. The van der Waals surface area contributed by atoms with E-state index in [1.54, 1.807) is 4.90 Å². The van der Waals surface area contributed by atoms with Crippen molar-refractivity contribution in [1.82, 2.24) is 4.90 Å². The molecular formula is C14H20N2O. The van der Waals surface area contributed by atoms with Crippen molar-refractivity contribution < 1.29 is 4.79 Å². The lowest BCUT2D eigenvalue weighted by Crippen LogP contribution is -2.47. The molecule has 0 spiro atoms. The Bertz CT molecular complexity index is 379. The van der Waals surface area contributed by atoms with Crippen molar-refractivity contribution in [1.29, 1.82) is 0 Å². The van der Waals surface area contributed by atoms with E-state index in [0.29, 0.717) is 6.54 Å². The van der Waals surface area contributed by atoms with E-state index in [2.05, 4.69) is 0 Å². The highest BCUT2D eigenvalue weighted by molar-refractivity contribution is 5.94. The van der Waals surface area contributed by atoms with Gasteiger partial charge in [-0.25, -0.2) is 0 Å². The van der Waals surface area contributed by atoms with Crippen LogP contribution in [0.3, 0.4) is 0 Å². The van der Waals surface area contributed by atoms with E-state index >= 15 is 0 Å². The number of hydrogen-bond donors (Lipinski definition) is 1. The highest BCUT2D eigenvalue weighted by Crippen LogP contribution is 2.40. The highest BCUT2D eigenvalue weighted by Gasteiger charge is 2.37. The van der Waals surface area contributed by atoms with Gasteiger partial charge in [-0.05, 0) is 31.5 Å². The SMILES string of the molecule is CN(CC1(CN)CCC1)C(=O)c1ccccc1. The topological polar surface area (TPSA) is 46.3 Å². The lowest BCUT2D eigenvalue weighted by Gasteiger charge is -2.43. The van der Waals surface area contributed by atoms with E-state index in [4.69, 9.17) is 5.73 Å². The second-order valence-corrected chi connectivity index (χ2v) is 5.08. The molecule has 92 valence electrons. The number of benzene rings is 1. The van der Waals surface area contributed by atoms with Gasteiger partial charge in [0, 0.05) is 24.6 Å². The minimum Gasteiger partial charge on any atom is -0.341 e. The van der Waals surface area contributed by atoms with Crippen LogP contribution in [-0.2, 0) is 0 Å². The zero-order valence-corrected chi connectivity index (χ0v) is 10.4. The first-order chi connectivity index (χ1) is 8.17. The van der Waals surface area contributed by atoms with Gasteiger partial charge in [0.05, 0.1) is 0 Å². The van der Waals surface area contributed by atoms with Crippen LogP contribution in [0.15, 0.2) is 30.3 Å². The smallest absolute Gasteiger partial charge is 0.253 e. The molecule has 1 aromatic rings. The lowest BCUT2D eigenvalue weighted by molar-refractivity contribution is 0.0568. The molecule has 3 heteroatoms. The van der Waals surface area contributed by atoms with Crippen molar-refractivity contribution in [3.63, 3.8) is 0 Å². The van der Waals surface area contributed by atoms with E-state index in [1.165, 1.54) is 6.42 Å². The molecule has 1 amide bonds. The van der Waals surface area contributed by atoms with Gasteiger partial charge < -0.3 is 10.6 Å². The molecule has 2 rings (SSSR count). The van der Waals surface area contributed by atoms with Crippen LogP contribution in [0.4, 0.5) is 0 Å². The zero-order chi connectivity index (χ0) is 12.3. The summed E-state index contributed by atoms with van der Waals surface area (Å²) < 4.78 is 0. The van der Waals surface area contributed by atoms with Gasteiger partial charge in [0.25, 0.3) is 5.91 Å². The van der Waals surface area contributed by atoms with Crippen LogP contribution in [0.1, 0.15) is 29.6 Å². The molecule has 1 aliphatic rings. The summed E-state index contributed by atoms with van der Waals surface area (Å²) in [6.07, 6.45) is 3.54. The molecule has 3 nitrogen and oxygen atoms in total. The Kier molecular flexibility index (Phi) is 3.48. The number of hydrogen-bond acceptors (Lipinski definition) is 2. The summed E-state index contributed by atoms with van der Waals surface area (Å²) in [5.41, 5.74) is 6.75. The standard InChI is InChI=1S/C14H20N2O/c1-16(11-14(10-15)8-5-9-14)13(17)12-6-3-2-4-7-12/h2-4,6-7H,5,8-11,15H2,1H3. The molecule has 1 fully saturated rings. The van der Waals surface area contributed by atoms with Gasteiger partial charge in [0.1, 0.15) is 0 Å². The van der Waals surface area contributed by atoms with Gasteiger partial charge in [-0.15, -0.1) is 0 Å². The second-order valence-electron chi connectivity index (χ2n) is 5.08. The van der Waals surface area contributed by atoms with Crippen LogP contribution in [0.2, 0.25) is 0 Å². The molecule has 1 aromatic carbocycles. The predicted octanol–water partition coefficient (Wildman–Crippen LogP) is 1.89. The summed E-state index contributed by atoms with van der Waals surface area (Å²) in [5.74, 6) is 0.0883. The van der Waals surface area contributed by atoms with E-state index in [0.717, 1.165) is 24.9 Å². The molecule has 0 saturated heterocycles. The number of rotatable bonds is 4. The minimum atomic E-state index is 0.0883. The summed E-state index contributed by atoms with van der Waals surface area (Å²) in [7, 11) is 1.87. The van der Waals surface area contributed by atoms with Crippen molar-refractivity contribution in [2.75, 3.05) is 20.1 Å². The van der Waals surface area contributed by atoms with Gasteiger partial charge in [-0.2, -0.15) is 0 Å². The molecule has 1 saturated carbocycles. The van der Waals surface area contributed by atoms with Crippen molar-refractivity contribution >= 4 is 5.91 Å². The third-order valence-corrected chi connectivity index (χ3v) is 3.79. The quantitative estimate of drug-likeness (QED) is 0.861. The number of carbonyl (C=O) groups is 1. The van der Waals surface area contributed by atoms with Crippen molar-refractivity contribution in [2.24, 2.45) is 11.1 Å². The summed E-state index contributed by atoms with van der Waals surface area (Å²) in [4.78, 5) is 14.0. The third kappa shape index (κ3) is 2.50. The number of carbonyl (C=O) groups excluding carboxylic acids is 1. The monoisotopic (exact) mass is 232 g/mol. The van der Waals surface area contributed by atoms with Crippen LogP contribution in [0.5, 0.6) is 0 Å². The Morgan fingerprint density at radius 2 is 2.00 bits per heavy atom. The molecule has 0 aromatic heterocycles. The summed E-state index contributed by atoms with van der Waals surface area (Å²) >= 11 is 0. The third-order valence-electron chi connectivity index (χ3n) is 3.79. The Labute approximate surface area is 103 Å². The van der Waals surface area contributed by atoms with Crippen LogP contribution in [0, 0.1) is 5.41 Å². The fourth-order valence-corrected chi connectivity index (χ4v) is 2.48. The molecule has 1 aliphatic carbocycles. The van der Waals surface area contributed by atoms with Gasteiger partial charge in [-0.1, -0.05) is 24.6 Å². The molecular weight excluding hydrogens is 212 g/mol. The normalized spacial score (nSPS) is 17.3. The van der Waals surface area contributed by atoms with Crippen molar-refractivity contribution in [2.45, 2.75) is 19.3 Å². The molecule has 0 heterocycles. The molecule has 0 radical (unpaired) electrons. The van der Waals surface area contributed by atoms with Crippen molar-refractivity contribution in [3.8, 4) is 0 Å². The second kappa shape index (κ2) is 4.88. The number of nitrogens with zero attached hydrogens (tertiary/aromatic N) is 1. The summed E-state index contributed by atoms with van der Waals surface area (Å²) in [6, 6.07) is 9.42. The van der Waals surface area contributed by atoms with E-state index < -0.39 is 0 Å². The Morgan fingerprint density at radius 1 is 1.35 bits per heavy atom. The van der Waals surface area contributed by atoms with Gasteiger partial charge >= 0.3 is 0 Å². The average molecular weight is 232 g/mol. The Hall–Kier alpha value is -1.35. The van der Waals surface area contributed by atoms with Gasteiger partial charge in [0.15, 0.2) is 0 Å². The molecule has 0 bridgehead atoms. The van der Waals surface area contributed by atoms with Gasteiger partial charge in [0.2, 0.25) is 0 Å². The van der Waals surface area contributed by atoms with Gasteiger partial charge in [-0.3, -0.25) is 4.79 Å². The maximum Gasteiger partial charge on any atom is 0.253 e. The lowest BCUT2D eigenvalue weighted by atomic mass is 9.68. The molecule has 2 N–H and O–H groups in total. The number of amides is 1.